The fraction of sp³-hybridized carbons (Fsp3) is 0.692. The molecule has 0 fully saturated rings. The number of aromatic nitrogens is 2. The summed E-state index contributed by atoms with van der Waals surface area (Å²) in [6.45, 7) is 8.21. The van der Waals surface area contributed by atoms with E-state index in [1.807, 2.05) is 34.7 Å². The lowest BCUT2D eigenvalue weighted by atomic mass is 10.2. The standard InChI is InChI=1S/C13H24N4O2/c1-8(2)15-12(18)10(4)14-7-11-9(3)16-17(5)13(11)19-6/h8,10,14H,7H2,1-6H3,(H,15,18). The molecule has 2 N–H and O–H groups in total. The van der Waals surface area contributed by atoms with Gasteiger partial charge in [-0.1, -0.05) is 0 Å². The third-order valence-corrected chi connectivity index (χ3v) is 2.89. The molecule has 1 aromatic heterocycles. The highest BCUT2D eigenvalue weighted by atomic mass is 16.5. The average Bonchev–Trinajstić information content (AvgIpc) is 2.59. The summed E-state index contributed by atoms with van der Waals surface area (Å²) in [6.07, 6.45) is 0. The molecule has 0 saturated carbocycles. The minimum atomic E-state index is -0.258. The topological polar surface area (TPSA) is 68.2 Å². The van der Waals surface area contributed by atoms with Crippen molar-refractivity contribution in [2.45, 2.75) is 46.3 Å². The summed E-state index contributed by atoms with van der Waals surface area (Å²) in [4.78, 5) is 11.8. The third kappa shape index (κ3) is 3.96. The van der Waals surface area contributed by atoms with Crippen LogP contribution in [0.25, 0.3) is 0 Å². The Balaban J connectivity index is 2.64. The van der Waals surface area contributed by atoms with E-state index >= 15 is 0 Å². The molecule has 1 aromatic rings. The first kappa shape index (κ1) is 15.5. The molecule has 0 saturated heterocycles. The first-order valence-corrected chi connectivity index (χ1v) is 6.47. The fourth-order valence-corrected chi connectivity index (χ4v) is 1.90. The number of methoxy groups -OCH3 is 1. The van der Waals surface area contributed by atoms with E-state index in [-0.39, 0.29) is 18.0 Å². The molecule has 0 bridgehead atoms. The maximum absolute atomic E-state index is 11.8. The molecule has 1 atom stereocenters. The highest BCUT2D eigenvalue weighted by Crippen LogP contribution is 2.20. The molecule has 0 aliphatic rings. The lowest BCUT2D eigenvalue weighted by molar-refractivity contribution is -0.123. The second-order valence-electron chi connectivity index (χ2n) is 4.96. The normalized spacial score (nSPS) is 12.6. The average molecular weight is 268 g/mol. The molecule has 19 heavy (non-hydrogen) atoms. The molecule has 0 aliphatic carbocycles. The van der Waals surface area contributed by atoms with E-state index in [4.69, 9.17) is 4.74 Å². The van der Waals surface area contributed by atoms with Crippen LogP contribution in [0.1, 0.15) is 32.0 Å². The number of hydrogen-bond acceptors (Lipinski definition) is 4. The van der Waals surface area contributed by atoms with Crippen LogP contribution in [0.3, 0.4) is 0 Å². The van der Waals surface area contributed by atoms with Gasteiger partial charge in [0, 0.05) is 19.6 Å². The SMILES string of the molecule is COc1c(CNC(C)C(=O)NC(C)C)c(C)nn1C. The minimum absolute atomic E-state index is 0.00416. The van der Waals surface area contributed by atoms with E-state index in [1.54, 1.807) is 11.8 Å². The highest BCUT2D eigenvalue weighted by Gasteiger charge is 2.17. The van der Waals surface area contributed by atoms with Crippen molar-refractivity contribution in [2.24, 2.45) is 7.05 Å². The molecular weight excluding hydrogens is 244 g/mol. The van der Waals surface area contributed by atoms with Crippen LogP contribution in [-0.2, 0) is 18.4 Å². The number of hydrogen-bond donors (Lipinski definition) is 2. The summed E-state index contributed by atoms with van der Waals surface area (Å²) in [5, 5.41) is 10.4. The van der Waals surface area contributed by atoms with Crippen molar-refractivity contribution >= 4 is 5.91 Å². The Labute approximate surface area is 114 Å². The molecule has 1 amide bonds. The lowest BCUT2D eigenvalue weighted by Gasteiger charge is -2.16. The number of aryl methyl sites for hydroxylation is 2. The van der Waals surface area contributed by atoms with Crippen LogP contribution in [0.2, 0.25) is 0 Å². The quantitative estimate of drug-likeness (QED) is 0.798. The van der Waals surface area contributed by atoms with E-state index < -0.39 is 0 Å². The van der Waals surface area contributed by atoms with E-state index in [0.717, 1.165) is 17.1 Å². The van der Waals surface area contributed by atoms with Crippen LogP contribution in [0.5, 0.6) is 5.88 Å². The smallest absolute Gasteiger partial charge is 0.237 e. The van der Waals surface area contributed by atoms with Gasteiger partial charge in [0.05, 0.1) is 24.4 Å². The first-order chi connectivity index (χ1) is 8.86. The highest BCUT2D eigenvalue weighted by molar-refractivity contribution is 5.81. The Morgan fingerprint density at radius 2 is 2.05 bits per heavy atom. The van der Waals surface area contributed by atoms with E-state index in [1.165, 1.54) is 0 Å². The third-order valence-electron chi connectivity index (χ3n) is 2.89. The maximum Gasteiger partial charge on any atom is 0.237 e. The Morgan fingerprint density at radius 1 is 1.42 bits per heavy atom. The van der Waals surface area contributed by atoms with Gasteiger partial charge in [-0.05, 0) is 27.7 Å². The molecule has 0 aromatic carbocycles. The first-order valence-electron chi connectivity index (χ1n) is 6.47. The van der Waals surface area contributed by atoms with Gasteiger partial charge in [0.25, 0.3) is 0 Å². The van der Waals surface area contributed by atoms with E-state index in [2.05, 4.69) is 15.7 Å². The molecule has 0 radical (unpaired) electrons. The Kier molecular flexibility index (Phi) is 5.35. The van der Waals surface area contributed by atoms with Crippen LogP contribution in [0.4, 0.5) is 0 Å². The number of rotatable bonds is 6. The zero-order valence-corrected chi connectivity index (χ0v) is 12.6. The molecule has 1 heterocycles. The zero-order valence-electron chi connectivity index (χ0n) is 12.6. The fourth-order valence-electron chi connectivity index (χ4n) is 1.90. The van der Waals surface area contributed by atoms with Crippen LogP contribution >= 0.6 is 0 Å². The van der Waals surface area contributed by atoms with E-state index in [0.29, 0.717) is 6.54 Å². The van der Waals surface area contributed by atoms with Gasteiger partial charge in [0.15, 0.2) is 0 Å². The van der Waals surface area contributed by atoms with Crippen molar-refractivity contribution in [1.82, 2.24) is 20.4 Å². The molecule has 6 nitrogen and oxygen atoms in total. The van der Waals surface area contributed by atoms with Crippen LogP contribution in [-0.4, -0.2) is 34.9 Å². The number of nitrogens with one attached hydrogen (secondary N) is 2. The molecule has 108 valence electrons. The number of carbonyl (C=O) groups excluding carboxylic acids is 1. The van der Waals surface area contributed by atoms with Gasteiger partial charge < -0.3 is 15.4 Å². The largest absolute Gasteiger partial charge is 0.481 e. The van der Waals surface area contributed by atoms with Crippen LogP contribution in [0, 0.1) is 6.92 Å². The number of carbonyl (C=O) groups is 1. The lowest BCUT2D eigenvalue weighted by Crippen LogP contribution is -2.44. The van der Waals surface area contributed by atoms with Gasteiger partial charge in [0.1, 0.15) is 0 Å². The van der Waals surface area contributed by atoms with Gasteiger partial charge in [-0.2, -0.15) is 5.10 Å². The molecule has 1 unspecified atom stereocenters. The number of nitrogens with zero attached hydrogens (tertiary/aromatic N) is 2. The summed E-state index contributed by atoms with van der Waals surface area (Å²) < 4.78 is 7.01. The summed E-state index contributed by atoms with van der Waals surface area (Å²) >= 11 is 0. The molecule has 6 heteroatoms. The molecular formula is C13H24N4O2. The van der Waals surface area contributed by atoms with Gasteiger partial charge in [-0.25, -0.2) is 4.68 Å². The number of amides is 1. The molecule has 0 spiro atoms. The van der Waals surface area contributed by atoms with Gasteiger partial charge in [0.2, 0.25) is 11.8 Å². The summed E-state index contributed by atoms with van der Waals surface area (Å²) in [7, 11) is 3.46. The molecule has 1 rings (SSSR count). The molecule has 0 aliphatic heterocycles. The summed E-state index contributed by atoms with van der Waals surface area (Å²) in [5.74, 6) is 0.719. The van der Waals surface area contributed by atoms with Crippen LogP contribution in [0.15, 0.2) is 0 Å². The second-order valence-corrected chi connectivity index (χ2v) is 4.96. The van der Waals surface area contributed by atoms with Gasteiger partial charge >= 0.3 is 0 Å². The van der Waals surface area contributed by atoms with Gasteiger partial charge in [-0.15, -0.1) is 0 Å². The van der Waals surface area contributed by atoms with Crippen molar-refractivity contribution in [1.29, 1.82) is 0 Å². The minimum Gasteiger partial charge on any atom is -0.481 e. The number of ether oxygens (including phenoxy) is 1. The van der Waals surface area contributed by atoms with Gasteiger partial charge in [-0.3, -0.25) is 4.79 Å². The monoisotopic (exact) mass is 268 g/mol. The Bertz CT molecular complexity index is 440. The predicted octanol–water partition coefficient (Wildman–Crippen LogP) is 0.740. The maximum atomic E-state index is 11.8. The van der Waals surface area contributed by atoms with Crippen LogP contribution < -0.4 is 15.4 Å². The van der Waals surface area contributed by atoms with Crippen molar-refractivity contribution in [3.8, 4) is 5.88 Å². The van der Waals surface area contributed by atoms with E-state index in [9.17, 15) is 4.79 Å². The zero-order chi connectivity index (χ0) is 14.6. The van der Waals surface area contributed by atoms with Crippen molar-refractivity contribution < 1.29 is 9.53 Å². The Hall–Kier alpha value is -1.56. The second kappa shape index (κ2) is 6.56. The van der Waals surface area contributed by atoms with Crippen molar-refractivity contribution in [2.75, 3.05) is 7.11 Å². The predicted molar refractivity (Wildman–Crippen MR) is 74.1 cm³/mol. The van der Waals surface area contributed by atoms with Crippen molar-refractivity contribution in [3.05, 3.63) is 11.3 Å². The van der Waals surface area contributed by atoms with Crippen molar-refractivity contribution in [3.63, 3.8) is 0 Å². The summed E-state index contributed by atoms with van der Waals surface area (Å²) in [5.41, 5.74) is 1.89. The Morgan fingerprint density at radius 3 is 2.58 bits per heavy atom. The summed E-state index contributed by atoms with van der Waals surface area (Å²) in [6, 6.07) is -0.113.